The highest BCUT2D eigenvalue weighted by Crippen LogP contribution is 2.28. The van der Waals surface area contributed by atoms with Crippen molar-refractivity contribution in [3.8, 4) is 5.75 Å². The predicted octanol–water partition coefficient (Wildman–Crippen LogP) is 2.45. The van der Waals surface area contributed by atoms with Crippen molar-refractivity contribution in [3.63, 3.8) is 0 Å². The number of furan rings is 1. The van der Waals surface area contributed by atoms with Crippen LogP contribution in [-0.4, -0.2) is 27.9 Å². The molecule has 1 atom stereocenters. The molecule has 0 radical (unpaired) electrons. The number of rotatable bonds is 4. The lowest BCUT2D eigenvalue weighted by atomic mass is 10.1. The van der Waals surface area contributed by atoms with Crippen LogP contribution in [0.25, 0.3) is 11.0 Å². The van der Waals surface area contributed by atoms with Crippen LogP contribution in [0.2, 0.25) is 0 Å². The molecule has 0 fully saturated rings. The van der Waals surface area contributed by atoms with E-state index in [1.165, 1.54) is 0 Å². The molecule has 4 rings (SSSR count). The molecule has 6 nitrogen and oxygen atoms in total. The number of ether oxygens (including phenoxy) is 1. The molecular weight excluding hydrogens is 292 g/mol. The van der Waals surface area contributed by atoms with Crippen molar-refractivity contribution in [1.29, 1.82) is 0 Å². The molecule has 0 saturated carbocycles. The van der Waals surface area contributed by atoms with Gasteiger partial charge in [0.1, 0.15) is 17.4 Å². The molecule has 3 aromatic rings. The standard InChI is InChI=1S/C17H20N4O2/c1-11-19-16-7-6-13(10-21(16)20-11)18-9-14-8-12-4-3-5-15(22-2)17(12)23-14/h3-5,8,13,18H,6-7,9-10H2,1-2H3. The summed E-state index contributed by atoms with van der Waals surface area (Å²) in [5.41, 5.74) is 0.810. The molecule has 120 valence electrons. The summed E-state index contributed by atoms with van der Waals surface area (Å²) in [5.74, 6) is 3.64. The zero-order valence-electron chi connectivity index (χ0n) is 13.4. The summed E-state index contributed by atoms with van der Waals surface area (Å²) in [6.45, 7) is 3.50. The highest BCUT2D eigenvalue weighted by atomic mass is 16.5. The van der Waals surface area contributed by atoms with Crippen LogP contribution in [0, 0.1) is 6.92 Å². The van der Waals surface area contributed by atoms with Gasteiger partial charge in [0.15, 0.2) is 11.3 Å². The van der Waals surface area contributed by atoms with Crippen molar-refractivity contribution in [2.45, 2.75) is 38.9 Å². The maximum Gasteiger partial charge on any atom is 0.176 e. The second-order valence-corrected chi connectivity index (χ2v) is 5.97. The van der Waals surface area contributed by atoms with E-state index in [4.69, 9.17) is 9.15 Å². The van der Waals surface area contributed by atoms with E-state index < -0.39 is 0 Å². The van der Waals surface area contributed by atoms with Gasteiger partial charge in [0.2, 0.25) is 0 Å². The molecule has 0 aliphatic carbocycles. The molecule has 1 aliphatic heterocycles. The van der Waals surface area contributed by atoms with Gasteiger partial charge in [-0.1, -0.05) is 12.1 Å². The van der Waals surface area contributed by atoms with Crippen molar-refractivity contribution in [3.05, 3.63) is 41.7 Å². The summed E-state index contributed by atoms with van der Waals surface area (Å²) in [7, 11) is 1.66. The quantitative estimate of drug-likeness (QED) is 0.801. The van der Waals surface area contributed by atoms with E-state index in [1.54, 1.807) is 7.11 Å². The molecule has 0 amide bonds. The highest BCUT2D eigenvalue weighted by Gasteiger charge is 2.20. The maximum atomic E-state index is 5.93. The number of methoxy groups -OCH3 is 1. The molecule has 1 aliphatic rings. The average Bonchev–Trinajstić information content (AvgIpc) is 3.13. The van der Waals surface area contributed by atoms with Gasteiger partial charge in [-0.2, -0.15) is 5.10 Å². The number of fused-ring (bicyclic) bond motifs is 2. The lowest BCUT2D eigenvalue weighted by Crippen LogP contribution is -2.37. The smallest absolute Gasteiger partial charge is 0.176 e. The van der Waals surface area contributed by atoms with Gasteiger partial charge in [-0.3, -0.25) is 0 Å². The van der Waals surface area contributed by atoms with Gasteiger partial charge < -0.3 is 14.5 Å². The molecule has 1 unspecified atom stereocenters. The van der Waals surface area contributed by atoms with Crippen LogP contribution in [-0.2, 0) is 19.5 Å². The first-order chi connectivity index (χ1) is 11.2. The molecule has 1 aromatic carbocycles. The van der Waals surface area contributed by atoms with Crippen molar-refractivity contribution in [2.75, 3.05) is 7.11 Å². The summed E-state index contributed by atoms with van der Waals surface area (Å²) >= 11 is 0. The fraction of sp³-hybridized carbons (Fsp3) is 0.412. The van der Waals surface area contributed by atoms with Gasteiger partial charge in [0.05, 0.1) is 20.2 Å². The minimum Gasteiger partial charge on any atom is -0.493 e. The van der Waals surface area contributed by atoms with Crippen molar-refractivity contribution >= 4 is 11.0 Å². The number of aromatic nitrogens is 3. The first-order valence-electron chi connectivity index (χ1n) is 7.92. The Morgan fingerprint density at radius 2 is 2.35 bits per heavy atom. The van der Waals surface area contributed by atoms with Crippen molar-refractivity contribution < 1.29 is 9.15 Å². The summed E-state index contributed by atoms with van der Waals surface area (Å²) in [5, 5.41) is 9.07. The molecular formula is C17H20N4O2. The van der Waals surface area contributed by atoms with E-state index >= 15 is 0 Å². The van der Waals surface area contributed by atoms with Crippen LogP contribution in [0.5, 0.6) is 5.75 Å². The average molecular weight is 312 g/mol. The number of hydrogen-bond acceptors (Lipinski definition) is 5. The van der Waals surface area contributed by atoms with Crippen molar-refractivity contribution in [2.24, 2.45) is 0 Å². The second-order valence-electron chi connectivity index (χ2n) is 5.97. The van der Waals surface area contributed by atoms with Gasteiger partial charge in [0.25, 0.3) is 0 Å². The maximum absolute atomic E-state index is 5.93. The highest BCUT2D eigenvalue weighted by molar-refractivity contribution is 5.83. The first-order valence-corrected chi connectivity index (χ1v) is 7.92. The molecule has 0 spiro atoms. The first kappa shape index (κ1) is 14.3. The zero-order valence-corrected chi connectivity index (χ0v) is 13.4. The molecule has 0 bridgehead atoms. The summed E-state index contributed by atoms with van der Waals surface area (Å²) < 4.78 is 13.3. The van der Waals surface area contributed by atoms with Gasteiger partial charge in [0, 0.05) is 17.8 Å². The SMILES string of the molecule is COc1cccc2cc(CNC3CCc4nc(C)nn4C3)oc12. The second kappa shape index (κ2) is 5.70. The Bertz CT molecular complexity index is 836. The van der Waals surface area contributed by atoms with Crippen LogP contribution in [0.4, 0.5) is 0 Å². The van der Waals surface area contributed by atoms with E-state index in [9.17, 15) is 0 Å². The van der Waals surface area contributed by atoms with Crippen LogP contribution < -0.4 is 10.1 Å². The number of aryl methyl sites for hydroxylation is 2. The predicted molar refractivity (Wildman–Crippen MR) is 86.5 cm³/mol. The van der Waals surface area contributed by atoms with Gasteiger partial charge in [-0.15, -0.1) is 0 Å². The number of benzene rings is 1. The molecule has 23 heavy (non-hydrogen) atoms. The Hall–Kier alpha value is -2.34. The summed E-state index contributed by atoms with van der Waals surface area (Å²) in [4.78, 5) is 4.44. The van der Waals surface area contributed by atoms with Gasteiger partial charge >= 0.3 is 0 Å². The fourth-order valence-electron chi connectivity index (χ4n) is 3.18. The monoisotopic (exact) mass is 312 g/mol. The van der Waals surface area contributed by atoms with E-state index in [1.807, 2.05) is 29.8 Å². The van der Waals surface area contributed by atoms with Crippen LogP contribution in [0.3, 0.4) is 0 Å². The lowest BCUT2D eigenvalue weighted by Gasteiger charge is -2.23. The summed E-state index contributed by atoms with van der Waals surface area (Å²) in [6.07, 6.45) is 2.04. The topological polar surface area (TPSA) is 65.1 Å². The Balaban J connectivity index is 1.45. The minimum absolute atomic E-state index is 0.388. The third kappa shape index (κ3) is 2.70. The van der Waals surface area contributed by atoms with E-state index in [0.717, 1.165) is 53.5 Å². The third-order valence-corrected chi connectivity index (χ3v) is 4.31. The zero-order chi connectivity index (χ0) is 15.8. The van der Waals surface area contributed by atoms with E-state index in [0.29, 0.717) is 12.6 Å². The molecule has 2 aromatic heterocycles. The molecule has 0 saturated heterocycles. The largest absolute Gasteiger partial charge is 0.493 e. The Morgan fingerprint density at radius 3 is 3.22 bits per heavy atom. The summed E-state index contributed by atoms with van der Waals surface area (Å²) in [6, 6.07) is 8.38. The molecule has 1 N–H and O–H groups in total. The molecule has 3 heterocycles. The number of nitrogens with zero attached hydrogens (tertiary/aromatic N) is 3. The number of para-hydroxylation sites is 1. The Kier molecular flexibility index (Phi) is 3.53. The fourth-order valence-corrected chi connectivity index (χ4v) is 3.18. The lowest BCUT2D eigenvalue weighted by molar-refractivity contribution is 0.345. The third-order valence-electron chi connectivity index (χ3n) is 4.31. The number of hydrogen-bond donors (Lipinski definition) is 1. The van der Waals surface area contributed by atoms with Crippen molar-refractivity contribution in [1.82, 2.24) is 20.1 Å². The van der Waals surface area contributed by atoms with Gasteiger partial charge in [-0.25, -0.2) is 9.67 Å². The van der Waals surface area contributed by atoms with Crippen LogP contribution in [0.1, 0.15) is 23.8 Å². The molecule has 6 heteroatoms. The normalized spacial score (nSPS) is 17.4. The minimum atomic E-state index is 0.388. The van der Waals surface area contributed by atoms with E-state index in [-0.39, 0.29) is 0 Å². The number of nitrogens with one attached hydrogen (secondary N) is 1. The van der Waals surface area contributed by atoms with E-state index in [2.05, 4.69) is 21.5 Å². The Labute approximate surface area is 134 Å². The van der Waals surface area contributed by atoms with Crippen LogP contribution >= 0.6 is 0 Å². The van der Waals surface area contributed by atoms with Gasteiger partial charge in [-0.05, 0) is 25.5 Å². The Morgan fingerprint density at radius 1 is 1.43 bits per heavy atom. The van der Waals surface area contributed by atoms with Crippen LogP contribution in [0.15, 0.2) is 28.7 Å².